The molecular formula is C17H19F2N3O4S. The van der Waals surface area contributed by atoms with Crippen molar-refractivity contribution in [3.8, 4) is 6.07 Å². The molecule has 0 spiro atoms. The van der Waals surface area contributed by atoms with Gasteiger partial charge in [-0.3, -0.25) is 9.69 Å². The number of nitrogens with one attached hydrogen (secondary N) is 1. The summed E-state index contributed by atoms with van der Waals surface area (Å²) in [7, 11) is -4.43. The maximum atomic E-state index is 14.0. The van der Waals surface area contributed by atoms with Crippen LogP contribution in [0.1, 0.15) is 31.2 Å². The molecule has 0 unspecified atom stereocenters. The van der Waals surface area contributed by atoms with E-state index in [9.17, 15) is 22.0 Å². The van der Waals surface area contributed by atoms with Crippen LogP contribution >= 0.6 is 0 Å². The van der Waals surface area contributed by atoms with Gasteiger partial charge in [0.25, 0.3) is 0 Å². The predicted octanol–water partition coefficient (Wildman–Crippen LogP) is 1.44. The maximum absolute atomic E-state index is 14.0. The molecule has 7 nitrogen and oxygen atoms in total. The molecule has 0 aromatic heterocycles. The van der Waals surface area contributed by atoms with Crippen LogP contribution in [0.15, 0.2) is 17.0 Å². The standard InChI is InChI=1S/C17H19F2N3O4S/c18-14-3-11(7-20)4-15(19)17(14)27(25,26)21-12-5-13(6-12)22(9-16(23)24)8-10-1-2-10/h3-4,10,12-13,21H,1-2,5-6,8-9H2,(H,23,24). The Morgan fingerprint density at radius 1 is 1.30 bits per heavy atom. The molecule has 2 aliphatic rings. The number of halogens is 2. The van der Waals surface area contributed by atoms with Crippen LogP contribution in [0.25, 0.3) is 0 Å². The summed E-state index contributed by atoms with van der Waals surface area (Å²) in [5.41, 5.74) is -0.308. The summed E-state index contributed by atoms with van der Waals surface area (Å²) in [6, 6.07) is 2.30. The zero-order chi connectivity index (χ0) is 19.8. The Morgan fingerprint density at radius 3 is 2.37 bits per heavy atom. The van der Waals surface area contributed by atoms with Crippen LogP contribution in [0.3, 0.4) is 0 Å². The van der Waals surface area contributed by atoms with Crippen molar-refractivity contribution in [1.29, 1.82) is 5.26 Å². The second-order valence-corrected chi connectivity index (χ2v) is 8.74. The van der Waals surface area contributed by atoms with Gasteiger partial charge in [0.1, 0.15) is 11.6 Å². The number of hydrogen-bond donors (Lipinski definition) is 2. The smallest absolute Gasteiger partial charge is 0.317 e. The zero-order valence-electron chi connectivity index (χ0n) is 14.4. The summed E-state index contributed by atoms with van der Waals surface area (Å²) >= 11 is 0. The lowest BCUT2D eigenvalue weighted by atomic mass is 9.86. The Kier molecular flexibility index (Phi) is 5.46. The molecule has 0 bridgehead atoms. The molecule has 0 aliphatic heterocycles. The topological polar surface area (TPSA) is 110 Å². The molecule has 3 rings (SSSR count). The first kappa shape index (κ1) is 19.7. The van der Waals surface area contributed by atoms with Crippen LogP contribution in [0, 0.1) is 28.9 Å². The van der Waals surface area contributed by atoms with Gasteiger partial charge in [0.15, 0.2) is 4.90 Å². The van der Waals surface area contributed by atoms with Crippen LogP contribution in [-0.4, -0.2) is 49.6 Å². The van der Waals surface area contributed by atoms with Gasteiger partial charge < -0.3 is 5.11 Å². The normalized spacial score (nSPS) is 22.3. The van der Waals surface area contributed by atoms with E-state index in [1.54, 1.807) is 6.07 Å². The maximum Gasteiger partial charge on any atom is 0.317 e. The third kappa shape index (κ3) is 4.61. The average Bonchev–Trinajstić information content (AvgIpc) is 3.32. The average molecular weight is 399 g/mol. The quantitative estimate of drug-likeness (QED) is 0.684. The van der Waals surface area contributed by atoms with Gasteiger partial charge in [-0.1, -0.05) is 0 Å². The van der Waals surface area contributed by atoms with Crippen molar-refractivity contribution >= 4 is 16.0 Å². The van der Waals surface area contributed by atoms with Gasteiger partial charge in [0.2, 0.25) is 10.0 Å². The Morgan fingerprint density at radius 2 is 1.89 bits per heavy atom. The number of rotatable bonds is 8. The molecule has 2 saturated carbocycles. The van der Waals surface area contributed by atoms with E-state index >= 15 is 0 Å². The van der Waals surface area contributed by atoms with Crippen LogP contribution in [-0.2, 0) is 14.8 Å². The number of aliphatic carboxylic acids is 1. The number of carboxylic acids is 1. The highest BCUT2D eigenvalue weighted by molar-refractivity contribution is 7.89. The van der Waals surface area contributed by atoms with E-state index in [4.69, 9.17) is 10.4 Å². The second-order valence-electron chi connectivity index (χ2n) is 7.09. The Labute approximate surface area is 155 Å². The number of carbonyl (C=O) groups is 1. The highest BCUT2D eigenvalue weighted by Gasteiger charge is 2.39. The van der Waals surface area contributed by atoms with Crippen LogP contribution in [0.2, 0.25) is 0 Å². The van der Waals surface area contributed by atoms with Crippen molar-refractivity contribution < 1.29 is 27.1 Å². The van der Waals surface area contributed by atoms with Crippen molar-refractivity contribution in [2.45, 2.75) is 42.7 Å². The fourth-order valence-corrected chi connectivity index (χ4v) is 4.67. The highest BCUT2D eigenvalue weighted by atomic mass is 32.2. The number of sulfonamides is 1. The molecule has 146 valence electrons. The van der Waals surface area contributed by atoms with Crippen molar-refractivity contribution in [3.05, 3.63) is 29.3 Å². The first-order valence-electron chi connectivity index (χ1n) is 8.57. The van der Waals surface area contributed by atoms with E-state index in [1.807, 2.05) is 4.90 Å². The Bertz CT molecular complexity index is 867. The van der Waals surface area contributed by atoms with Crippen molar-refractivity contribution in [2.24, 2.45) is 5.92 Å². The largest absolute Gasteiger partial charge is 0.480 e. The minimum atomic E-state index is -4.43. The number of carboxylic acid groups (broad SMARTS) is 1. The first-order valence-corrected chi connectivity index (χ1v) is 10.0. The summed E-state index contributed by atoms with van der Waals surface area (Å²) < 4.78 is 54.9. The molecular weight excluding hydrogens is 380 g/mol. The van der Waals surface area contributed by atoms with Gasteiger partial charge in [-0.15, -0.1) is 0 Å². The first-order chi connectivity index (χ1) is 12.7. The van der Waals surface area contributed by atoms with Gasteiger partial charge >= 0.3 is 5.97 Å². The van der Waals surface area contributed by atoms with Crippen LogP contribution in [0.5, 0.6) is 0 Å². The SMILES string of the molecule is N#Cc1cc(F)c(S(=O)(=O)NC2CC(N(CC(=O)O)CC3CC3)C2)c(F)c1. The lowest BCUT2D eigenvalue weighted by Gasteiger charge is -2.42. The number of nitriles is 1. The molecule has 1 aromatic carbocycles. The summed E-state index contributed by atoms with van der Waals surface area (Å²) in [5, 5.41) is 17.7. The second kappa shape index (κ2) is 7.50. The highest BCUT2D eigenvalue weighted by Crippen LogP contribution is 2.34. The van der Waals surface area contributed by atoms with Crippen LogP contribution < -0.4 is 4.72 Å². The summed E-state index contributed by atoms with van der Waals surface area (Å²) in [6.07, 6.45) is 2.88. The minimum Gasteiger partial charge on any atom is -0.480 e. The fraction of sp³-hybridized carbons (Fsp3) is 0.529. The van der Waals surface area contributed by atoms with Gasteiger partial charge in [-0.2, -0.15) is 5.26 Å². The molecule has 2 aliphatic carbocycles. The van der Waals surface area contributed by atoms with Gasteiger partial charge in [0.05, 0.1) is 18.2 Å². The third-order valence-corrected chi connectivity index (χ3v) is 6.45. The fourth-order valence-electron chi connectivity index (χ4n) is 3.29. The summed E-state index contributed by atoms with van der Waals surface area (Å²) in [5.74, 6) is -3.10. The number of benzene rings is 1. The summed E-state index contributed by atoms with van der Waals surface area (Å²) in [6.45, 7) is 0.550. The molecule has 0 atom stereocenters. The lowest BCUT2D eigenvalue weighted by Crippen LogP contribution is -2.55. The zero-order valence-corrected chi connectivity index (χ0v) is 15.2. The van der Waals surface area contributed by atoms with E-state index in [2.05, 4.69) is 4.72 Å². The molecule has 0 radical (unpaired) electrons. The molecule has 2 N–H and O–H groups in total. The molecule has 0 amide bonds. The number of nitrogens with zero attached hydrogens (tertiary/aromatic N) is 2. The molecule has 0 heterocycles. The molecule has 27 heavy (non-hydrogen) atoms. The van der Waals surface area contributed by atoms with Crippen molar-refractivity contribution in [1.82, 2.24) is 9.62 Å². The van der Waals surface area contributed by atoms with E-state index < -0.39 is 38.6 Å². The predicted molar refractivity (Wildman–Crippen MR) is 90.1 cm³/mol. The monoisotopic (exact) mass is 399 g/mol. The minimum absolute atomic E-state index is 0.0786. The summed E-state index contributed by atoms with van der Waals surface area (Å²) in [4.78, 5) is 11.7. The van der Waals surface area contributed by atoms with E-state index in [0.717, 1.165) is 12.8 Å². The lowest BCUT2D eigenvalue weighted by molar-refractivity contribution is -0.139. The molecule has 2 fully saturated rings. The van der Waals surface area contributed by atoms with Crippen molar-refractivity contribution in [2.75, 3.05) is 13.1 Å². The van der Waals surface area contributed by atoms with Gasteiger partial charge in [-0.25, -0.2) is 21.9 Å². The number of hydrogen-bond acceptors (Lipinski definition) is 5. The van der Waals surface area contributed by atoms with E-state index in [0.29, 0.717) is 37.4 Å². The third-order valence-electron chi connectivity index (χ3n) is 4.88. The van der Waals surface area contributed by atoms with E-state index in [1.165, 1.54) is 0 Å². The Balaban J connectivity index is 1.65. The van der Waals surface area contributed by atoms with Crippen LogP contribution in [0.4, 0.5) is 8.78 Å². The Hall–Kier alpha value is -2.09. The van der Waals surface area contributed by atoms with Crippen molar-refractivity contribution in [3.63, 3.8) is 0 Å². The molecule has 1 aromatic rings. The van der Waals surface area contributed by atoms with Gasteiger partial charge in [-0.05, 0) is 43.7 Å². The van der Waals surface area contributed by atoms with E-state index in [-0.39, 0.29) is 18.2 Å². The van der Waals surface area contributed by atoms with Gasteiger partial charge in [0, 0.05) is 18.6 Å². The molecule has 10 heteroatoms. The molecule has 0 saturated heterocycles.